The lowest BCUT2D eigenvalue weighted by molar-refractivity contribution is 0.00356. The molecule has 1 aromatic rings. The van der Waals surface area contributed by atoms with Gasteiger partial charge in [0.25, 0.3) is 5.91 Å². The molecule has 3 rings (SSSR count). The molecule has 0 N–H and O–H groups in total. The topological polar surface area (TPSA) is 48.0 Å². The van der Waals surface area contributed by atoms with Crippen molar-refractivity contribution in [2.24, 2.45) is 0 Å². The molecule has 0 saturated carbocycles. The second-order valence-electron chi connectivity index (χ2n) is 4.90. The normalized spacial score (nSPS) is 21.7. The first-order valence-electron chi connectivity index (χ1n) is 6.64. The van der Waals surface area contributed by atoms with E-state index in [0.717, 1.165) is 0 Å². The van der Waals surface area contributed by atoms with Crippen LogP contribution in [0.4, 0.5) is 0 Å². The molecule has 0 aliphatic carbocycles. The lowest BCUT2D eigenvalue weighted by Crippen LogP contribution is -2.47. The summed E-state index contributed by atoms with van der Waals surface area (Å²) in [5.41, 5.74) is 0.521. The van der Waals surface area contributed by atoms with E-state index in [1.165, 1.54) is 0 Å². The SMILES string of the molecule is CC1COCCN1C(=O)c1cc(Cl)c2c(c1)OCCO2. The first kappa shape index (κ1) is 13.5. The summed E-state index contributed by atoms with van der Waals surface area (Å²) in [5, 5.41) is 0.409. The van der Waals surface area contributed by atoms with E-state index < -0.39 is 0 Å². The quantitative estimate of drug-likeness (QED) is 0.795. The Labute approximate surface area is 122 Å². The molecule has 2 aliphatic heterocycles. The minimum atomic E-state index is -0.0559. The number of fused-ring (bicyclic) bond motifs is 1. The van der Waals surface area contributed by atoms with Crippen molar-refractivity contribution < 1.29 is 19.0 Å². The molecule has 20 heavy (non-hydrogen) atoms. The first-order chi connectivity index (χ1) is 9.66. The van der Waals surface area contributed by atoms with Gasteiger partial charge in [-0.1, -0.05) is 11.6 Å². The second-order valence-corrected chi connectivity index (χ2v) is 5.31. The molecule has 6 heteroatoms. The number of benzene rings is 1. The third kappa shape index (κ3) is 2.43. The van der Waals surface area contributed by atoms with Gasteiger partial charge in [-0.25, -0.2) is 0 Å². The van der Waals surface area contributed by atoms with Gasteiger partial charge in [0, 0.05) is 12.1 Å². The van der Waals surface area contributed by atoms with Gasteiger partial charge in [0.15, 0.2) is 11.5 Å². The van der Waals surface area contributed by atoms with Crippen LogP contribution in [0.15, 0.2) is 12.1 Å². The van der Waals surface area contributed by atoms with E-state index in [1.807, 2.05) is 6.92 Å². The van der Waals surface area contributed by atoms with Gasteiger partial charge < -0.3 is 19.1 Å². The van der Waals surface area contributed by atoms with Crippen LogP contribution >= 0.6 is 11.6 Å². The largest absolute Gasteiger partial charge is 0.486 e. The van der Waals surface area contributed by atoms with Crippen LogP contribution in [0.5, 0.6) is 11.5 Å². The fourth-order valence-corrected chi connectivity index (χ4v) is 2.69. The summed E-state index contributed by atoms with van der Waals surface area (Å²) in [7, 11) is 0. The number of morpholine rings is 1. The summed E-state index contributed by atoms with van der Waals surface area (Å²) in [4.78, 5) is 14.4. The van der Waals surface area contributed by atoms with Crippen molar-refractivity contribution in [1.82, 2.24) is 4.90 Å². The molecule has 0 aromatic heterocycles. The van der Waals surface area contributed by atoms with Crippen molar-refractivity contribution in [3.63, 3.8) is 0 Å². The van der Waals surface area contributed by atoms with Crippen LogP contribution in [-0.4, -0.2) is 49.8 Å². The van der Waals surface area contributed by atoms with Crippen molar-refractivity contribution in [2.75, 3.05) is 33.0 Å². The maximum Gasteiger partial charge on any atom is 0.254 e. The predicted octanol–water partition coefficient (Wildman–Crippen LogP) is 1.97. The minimum absolute atomic E-state index is 0.0559. The van der Waals surface area contributed by atoms with Gasteiger partial charge in [-0.05, 0) is 19.1 Å². The Hall–Kier alpha value is -1.46. The van der Waals surface area contributed by atoms with Crippen molar-refractivity contribution in [2.45, 2.75) is 13.0 Å². The molecule has 1 aromatic carbocycles. The summed E-state index contributed by atoms with van der Waals surface area (Å²) in [6.07, 6.45) is 0. The number of carbonyl (C=O) groups excluding carboxylic acids is 1. The molecule has 1 amide bonds. The van der Waals surface area contributed by atoms with Gasteiger partial charge in [-0.15, -0.1) is 0 Å². The lowest BCUT2D eigenvalue weighted by atomic mass is 10.1. The highest BCUT2D eigenvalue weighted by Crippen LogP contribution is 2.38. The van der Waals surface area contributed by atoms with E-state index in [1.54, 1.807) is 17.0 Å². The highest BCUT2D eigenvalue weighted by Gasteiger charge is 2.27. The Morgan fingerprint density at radius 1 is 1.30 bits per heavy atom. The van der Waals surface area contributed by atoms with E-state index in [4.69, 9.17) is 25.8 Å². The zero-order chi connectivity index (χ0) is 14.1. The molecular weight excluding hydrogens is 282 g/mol. The Morgan fingerprint density at radius 3 is 2.90 bits per heavy atom. The summed E-state index contributed by atoms with van der Waals surface area (Å²) in [6.45, 7) is 4.62. The van der Waals surface area contributed by atoms with Crippen molar-refractivity contribution >= 4 is 17.5 Å². The van der Waals surface area contributed by atoms with Crippen molar-refractivity contribution in [3.05, 3.63) is 22.7 Å². The van der Waals surface area contributed by atoms with Crippen LogP contribution in [0.2, 0.25) is 5.02 Å². The van der Waals surface area contributed by atoms with Crippen molar-refractivity contribution in [3.8, 4) is 11.5 Å². The highest BCUT2D eigenvalue weighted by molar-refractivity contribution is 6.32. The van der Waals surface area contributed by atoms with E-state index in [0.29, 0.717) is 55.1 Å². The van der Waals surface area contributed by atoms with Gasteiger partial charge in [0.05, 0.1) is 24.3 Å². The summed E-state index contributed by atoms with van der Waals surface area (Å²) >= 11 is 6.17. The molecule has 0 spiro atoms. The third-order valence-corrected chi connectivity index (χ3v) is 3.75. The molecular formula is C14H16ClNO4. The van der Waals surface area contributed by atoms with Crippen molar-refractivity contribution in [1.29, 1.82) is 0 Å². The van der Waals surface area contributed by atoms with Gasteiger partial charge in [-0.2, -0.15) is 0 Å². The molecule has 108 valence electrons. The number of hydrogen-bond acceptors (Lipinski definition) is 4. The maximum atomic E-state index is 12.6. The summed E-state index contributed by atoms with van der Waals surface area (Å²) in [5.74, 6) is 0.997. The second kappa shape index (κ2) is 5.50. The number of halogens is 1. The Balaban J connectivity index is 1.89. The zero-order valence-electron chi connectivity index (χ0n) is 11.2. The molecule has 0 bridgehead atoms. The number of nitrogens with zero attached hydrogens (tertiary/aromatic N) is 1. The van der Waals surface area contributed by atoms with Crippen LogP contribution in [0, 0.1) is 0 Å². The molecule has 2 heterocycles. The van der Waals surface area contributed by atoms with Gasteiger partial charge in [0.1, 0.15) is 13.2 Å². The van der Waals surface area contributed by atoms with Crippen LogP contribution in [0.3, 0.4) is 0 Å². The first-order valence-corrected chi connectivity index (χ1v) is 7.02. The average Bonchev–Trinajstić information content (AvgIpc) is 2.47. The Morgan fingerprint density at radius 2 is 2.10 bits per heavy atom. The molecule has 1 atom stereocenters. The highest BCUT2D eigenvalue weighted by atomic mass is 35.5. The van der Waals surface area contributed by atoms with Crippen LogP contribution < -0.4 is 9.47 Å². The monoisotopic (exact) mass is 297 g/mol. The molecule has 1 unspecified atom stereocenters. The summed E-state index contributed by atoms with van der Waals surface area (Å²) in [6, 6.07) is 3.40. The van der Waals surface area contributed by atoms with Crippen LogP contribution in [-0.2, 0) is 4.74 Å². The molecule has 0 radical (unpaired) electrons. The number of ether oxygens (including phenoxy) is 3. The third-order valence-electron chi connectivity index (χ3n) is 3.47. The Kier molecular flexibility index (Phi) is 3.72. The number of carbonyl (C=O) groups is 1. The number of hydrogen-bond donors (Lipinski definition) is 0. The average molecular weight is 298 g/mol. The van der Waals surface area contributed by atoms with E-state index >= 15 is 0 Å². The summed E-state index contributed by atoms with van der Waals surface area (Å²) < 4.78 is 16.3. The molecule has 1 saturated heterocycles. The van der Waals surface area contributed by atoms with Crippen LogP contribution in [0.25, 0.3) is 0 Å². The maximum absolute atomic E-state index is 12.6. The predicted molar refractivity (Wildman–Crippen MR) is 73.8 cm³/mol. The fraction of sp³-hybridized carbons (Fsp3) is 0.500. The standard InChI is InChI=1S/C14H16ClNO4/c1-9-8-18-3-2-16(9)14(17)10-6-11(15)13-12(7-10)19-4-5-20-13/h6-7,9H,2-5,8H2,1H3. The smallest absolute Gasteiger partial charge is 0.254 e. The molecule has 1 fully saturated rings. The Bertz CT molecular complexity index is 534. The minimum Gasteiger partial charge on any atom is -0.486 e. The lowest BCUT2D eigenvalue weighted by Gasteiger charge is -2.33. The van der Waals surface area contributed by atoms with E-state index in [-0.39, 0.29) is 11.9 Å². The number of rotatable bonds is 1. The van der Waals surface area contributed by atoms with E-state index in [9.17, 15) is 4.79 Å². The molecule has 5 nitrogen and oxygen atoms in total. The van der Waals surface area contributed by atoms with Gasteiger partial charge in [-0.3, -0.25) is 4.79 Å². The van der Waals surface area contributed by atoms with Gasteiger partial charge >= 0.3 is 0 Å². The zero-order valence-corrected chi connectivity index (χ0v) is 12.0. The van der Waals surface area contributed by atoms with E-state index in [2.05, 4.69) is 0 Å². The number of amides is 1. The van der Waals surface area contributed by atoms with Crippen LogP contribution in [0.1, 0.15) is 17.3 Å². The molecule has 2 aliphatic rings. The fourth-order valence-electron chi connectivity index (χ4n) is 2.43. The van der Waals surface area contributed by atoms with Gasteiger partial charge in [0.2, 0.25) is 0 Å².